The van der Waals surface area contributed by atoms with Gasteiger partial charge in [0.1, 0.15) is 0 Å². The Kier molecular flexibility index (Phi) is 6.32. The molecule has 0 amide bonds. The van der Waals surface area contributed by atoms with E-state index in [1.165, 1.54) is 0 Å². The highest BCUT2D eigenvalue weighted by Crippen LogP contribution is 2.15. The highest BCUT2D eigenvalue weighted by atomic mass is 19.4. The maximum atomic E-state index is 10.7. The molecule has 0 aliphatic heterocycles. The van der Waals surface area contributed by atoms with Gasteiger partial charge in [-0.15, -0.1) is 19.8 Å². The van der Waals surface area contributed by atoms with Gasteiger partial charge in [-0.1, -0.05) is 6.08 Å². The van der Waals surface area contributed by atoms with Crippen molar-refractivity contribution in [2.24, 2.45) is 0 Å². The lowest BCUT2D eigenvalue weighted by atomic mass is 10.8. The van der Waals surface area contributed by atoms with Crippen LogP contribution in [0.15, 0.2) is 12.7 Å². The highest BCUT2D eigenvalue weighted by molar-refractivity contribution is 5.56. The van der Waals surface area contributed by atoms with Crippen LogP contribution >= 0.6 is 0 Å². The molecule has 0 radical (unpaired) electrons. The van der Waals surface area contributed by atoms with Crippen LogP contribution in [-0.2, 0) is 4.74 Å². The number of hydrogen-bond donors (Lipinski definition) is 1. The van der Waals surface area contributed by atoms with Crippen molar-refractivity contribution in [2.45, 2.75) is 13.3 Å². The summed E-state index contributed by atoms with van der Waals surface area (Å²) in [4.78, 5) is 9.07. The number of allylic oxidation sites excluding steroid dienone is 1. The normalized spacial score (nSPS) is 9.09. The number of carboxylic acid groups (broad SMARTS) is 1. The van der Waals surface area contributed by atoms with Crippen LogP contribution in [0, 0.1) is 0 Å². The van der Waals surface area contributed by atoms with Crippen LogP contribution in [-0.4, -0.2) is 17.6 Å². The molecule has 11 heavy (non-hydrogen) atoms. The Hall–Kier alpha value is -1.20. The van der Waals surface area contributed by atoms with Gasteiger partial charge in [0.2, 0.25) is 0 Å². The van der Waals surface area contributed by atoms with Crippen LogP contribution in [0.1, 0.15) is 6.92 Å². The van der Waals surface area contributed by atoms with Gasteiger partial charge in [0.05, 0.1) is 0 Å². The van der Waals surface area contributed by atoms with E-state index in [-0.39, 0.29) is 0 Å². The lowest BCUT2D eigenvalue weighted by molar-refractivity contribution is -0.297. The van der Waals surface area contributed by atoms with Crippen molar-refractivity contribution in [2.75, 3.05) is 0 Å². The van der Waals surface area contributed by atoms with E-state index in [1.54, 1.807) is 6.08 Å². The lowest BCUT2D eigenvalue weighted by Crippen LogP contribution is -2.17. The second-order valence-electron chi connectivity index (χ2n) is 1.22. The fourth-order valence-corrected chi connectivity index (χ4v) is 0.0990. The van der Waals surface area contributed by atoms with Gasteiger partial charge in [0.25, 0.3) is 0 Å². The molecule has 0 spiro atoms. The first-order valence-electron chi connectivity index (χ1n) is 2.39. The molecule has 0 heterocycles. The van der Waals surface area contributed by atoms with E-state index in [4.69, 9.17) is 9.90 Å². The molecule has 0 aromatic carbocycles. The largest absolute Gasteiger partial charge is 0.577 e. The van der Waals surface area contributed by atoms with E-state index in [1.807, 2.05) is 6.92 Å². The summed E-state index contributed by atoms with van der Waals surface area (Å²) in [5, 5.41) is 7.31. The van der Waals surface area contributed by atoms with E-state index >= 15 is 0 Å². The van der Waals surface area contributed by atoms with Crippen molar-refractivity contribution >= 4 is 6.16 Å². The van der Waals surface area contributed by atoms with Crippen molar-refractivity contribution in [1.82, 2.24) is 0 Å². The van der Waals surface area contributed by atoms with Gasteiger partial charge in [-0.3, -0.25) is 0 Å². The molecule has 0 rings (SSSR count). The number of hydrogen-bond acceptors (Lipinski definition) is 2. The van der Waals surface area contributed by atoms with Crippen LogP contribution < -0.4 is 0 Å². The number of carbonyl (C=O) groups is 1. The summed E-state index contributed by atoms with van der Waals surface area (Å²) in [5.74, 6) is 0. The third-order valence-electron chi connectivity index (χ3n) is 0.203. The fourth-order valence-electron chi connectivity index (χ4n) is 0.0990. The van der Waals surface area contributed by atoms with Crippen molar-refractivity contribution in [1.29, 1.82) is 0 Å². The first-order valence-corrected chi connectivity index (χ1v) is 2.39. The van der Waals surface area contributed by atoms with Gasteiger partial charge in [-0.25, -0.2) is 4.79 Å². The number of ether oxygens (including phenoxy) is 1. The third-order valence-corrected chi connectivity index (χ3v) is 0.203. The van der Waals surface area contributed by atoms with Crippen molar-refractivity contribution in [3.8, 4) is 0 Å². The molecule has 0 saturated heterocycles. The smallest absolute Gasteiger partial charge is 0.450 e. The zero-order chi connectivity index (χ0) is 9.49. The van der Waals surface area contributed by atoms with Crippen molar-refractivity contribution in [3.63, 3.8) is 0 Å². The predicted octanol–water partition coefficient (Wildman–Crippen LogP) is 2.39. The Balaban J connectivity index is 0. The van der Waals surface area contributed by atoms with E-state index in [9.17, 15) is 13.2 Å². The van der Waals surface area contributed by atoms with Gasteiger partial charge in [0, 0.05) is 0 Å². The molecule has 0 aromatic heterocycles. The molecule has 0 saturated carbocycles. The Morgan fingerprint density at radius 1 is 1.64 bits per heavy atom. The molecule has 3 nitrogen and oxygen atoms in total. The Labute approximate surface area is 61.1 Å². The average Bonchev–Trinajstić information content (AvgIpc) is 1.57. The molecule has 0 bridgehead atoms. The molecule has 0 unspecified atom stereocenters. The topological polar surface area (TPSA) is 46.5 Å². The van der Waals surface area contributed by atoms with Gasteiger partial charge in [-0.2, -0.15) is 0 Å². The molecule has 0 atom stereocenters. The summed E-state index contributed by atoms with van der Waals surface area (Å²) in [6.07, 6.45) is -5.68. The van der Waals surface area contributed by atoms with Crippen LogP contribution in [0.25, 0.3) is 0 Å². The molecule has 0 aliphatic rings. The Morgan fingerprint density at radius 2 is 1.91 bits per heavy atom. The molecule has 0 aromatic rings. The molecule has 6 heteroatoms. The zero-order valence-electron chi connectivity index (χ0n) is 5.68. The minimum absolute atomic E-state index is 1.75. The monoisotopic (exact) mass is 172 g/mol. The number of halogens is 3. The standard InChI is InChI=1S/C3H6.C2HF3O3/c1-3-2;3-2(4,5)8-1(6)7/h3H,1H2,2H3;(H,6,7). The van der Waals surface area contributed by atoms with Crippen molar-refractivity contribution in [3.05, 3.63) is 12.7 Å². The van der Waals surface area contributed by atoms with E-state index < -0.39 is 12.5 Å². The second-order valence-corrected chi connectivity index (χ2v) is 1.22. The van der Waals surface area contributed by atoms with E-state index in [2.05, 4.69) is 11.3 Å². The number of alkyl halides is 3. The first-order chi connectivity index (χ1) is 4.83. The van der Waals surface area contributed by atoms with Gasteiger partial charge in [-0.05, 0) is 6.92 Å². The first kappa shape index (κ1) is 12.5. The van der Waals surface area contributed by atoms with E-state index in [0.717, 1.165) is 0 Å². The second kappa shape index (κ2) is 5.57. The molecule has 1 N–H and O–H groups in total. The summed E-state index contributed by atoms with van der Waals surface area (Å²) < 4.78 is 34.5. The maximum absolute atomic E-state index is 10.7. The minimum atomic E-state index is -5.08. The van der Waals surface area contributed by atoms with Crippen LogP contribution in [0.2, 0.25) is 0 Å². The molecule has 0 fully saturated rings. The molecular formula is C5H7F3O3. The van der Waals surface area contributed by atoms with E-state index in [0.29, 0.717) is 0 Å². The fraction of sp³-hybridized carbons (Fsp3) is 0.400. The zero-order valence-corrected chi connectivity index (χ0v) is 5.68. The Morgan fingerprint density at radius 3 is 1.91 bits per heavy atom. The quantitative estimate of drug-likeness (QED) is 0.450. The lowest BCUT2D eigenvalue weighted by Gasteiger charge is -2.00. The molecular weight excluding hydrogens is 165 g/mol. The van der Waals surface area contributed by atoms with Gasteiger partial charge in [0.15, 0.2) is 0 Å². The highest BCUT2D eigenvalue weighted by Gasteiger charge is 2.33. The summed E-state index contributed by atoms with van der Waals surface area (Å²) in [6, 6.07) is 0. The van der Waals surface area contributed by atoms with Gasteiger partial charge < -0.3 is 9.84 Å². The third kappa shape index (κ3) is 28.2. The minimum Gasteiger partial charge on any atom is -0.450 e. The predicted molar refractivity (Wildman–Crippen MR) is 31.0 cm³/mol. The van der Waals surface area contributed by atoms with Crippen molar-refractivity contribution < 1.29 is 27.8 Å². The number of rotatable bonds is 0. The van der Waals surface area contributed by atoms with Crippen LogP contribution in [0.4, 0.5) is 18.0 Å². The van der Waals surface area contributed by atoms with Crippen LogP contribution in [0.3, 0.4) is 0 Å². The summed E-state index contributed by atoms with van der Waals surface area (Å²) >= 11 is 0. The summed E-state index contributed by atoms with van der Waals surface area (Å²) in [6.45, 7) is 5.25. The molecule has 66 valence electrons. The summed E-state index contributed by atoms with van der Waals surface area (Å²) in [7, 11) is 0. The Bertz CT molecular complexity index is 129. The molecule has 0 aliphatic carbocycles. The van der Waals surface area contributed by atoms with Gasteiger partial charge >= 0.3 is 12.5 Å². The SMILES string of the molecule is C=CC.O=C(O)OC(F)(F)F. The summed E-state index contributed by atoms with van der Waals surface area (Å²) in [5.41, 5.74) is 0. The average molecular weight is 172 g/mol. The van der Waals surface area contributed by atoms with Crippen LogP contribution in [0.5, 0.6) is 0 Å². The maximum Gasteiger partial charge on any atom is 0.577 e.